The number of rotatable bonds is 8. The zero-order valence-corrected chi connectivity index (χ0v) is 20.3. The Kier molecular flexibility index (Phi) is 11.3. The molecule has 1 aromatic heterocycles. The van der Waals surface area contributed by atoms with Crippen LogP contribution in [0.2, 0.25) is 0 Å². The van der Waals surface area contributed by atoms with Crippen molar-refractivity contribution in [2.45, 2.75) is 44.8 Å². The van der Waals surface area contributed by atoms with E-state index in [1.54, 1.807) is 18.3 Å². The number of carbonyl (C=O) groups excluding carboxylic acids is 3. The highest BCUT2D eigenvalue weighted by molar-refractivity contribution is 6.41. The van der Waals surface area contributed by atoms with Crippen LogP contribution in [-0.2, 0) is 27.0 Å². The first-order chi connectivity index (χ1) is 17.7. The molecule has 0 bridgehead atoms. The van der Waals surface area contributed by atoms with Crippen molar-refractivity contribution in [2.75, 3.05) is 17.6 Å². The van der Waals surface area contributed by atoms with Crippen LogP contribution in [0.1, 0.15) is 25.1 Å². The molecule has 2 aromatic rings. The summed E-state index contributed by atoms with van der Waals surface area (Å²) in [6, 6.07) is 8.34. The molecular formula is C23H23F9N4O3. The van der Waals surface area contributed by atoms with E-state index >= 15 is 0 Å². The van der Waals surface area contributed by atoms with Crippen molar-refractivity contribution in [3.63, 3.8) is 0 Å². The fourth-order valence-corrected chi connectivity index (χ4v) is 2.73. The minimum atomic E-state index is -5.77. The summed E-state index contributed by atoms with van der Waals surface area (Å²) in [7, 11) is 0. The van der Waals surface area contributed by atoms with Gasteiger partial charge >= 0.3 is 30.1 Å². The van der Waals surface area contributed by atoms with Crippen molar-refractivity contribution in [1.82, 2.24) is 10.3 Å². The molecule has 0 spiro atoms. The van der Waals surface area contributed by atoms with Gasteiger partial charge in [0.05, 0.1) is 23.4 Å². The Morgan fingerprint density at radius 3 is 1.87 bits per heavy atom. The first-order valence-corrected chi connectivity index (χ1v) is 10.9. The summed E-state index contributed by atoms with van der Waals surface area (Å²) >= 11 is 0. The van der Waals surface area contributed by atoms with E-state index in [9.17, 15) is 53.9 Å². The quantitative estimate of drug-likeness (QED) is 0.239. The molecule has 1 aromatic carbocycles. The number of Topliss-reactive ketones (excluding diaryl/α,β-unsaturated/α-hetero) is 2. The van der Waals surface area contributed by atoms with E-state index in [0.717, 1.165) is 12.1 Å². The first-order valence-electron chi connectivity index (χ1n) is 10.9. The molecule has 2 rings (SSSR count). The van der Waals surface area contributed by atoms with Gasteiger partial charge in [0.25, 0.3) is 0 Å². The van der Waals surface area contributed by atoms with Gasteiger partial charge in [0, 0.05) is 24.5 Å². The van der Waals surface area contributed by atoms with Gasteiger partial charge in [-0.2, -0.15) is 39.5 Å². The van der Waals surface area contributed by atoms with Gasteiger partial charge in [-0.05, 0) is 36.2 Å². The van der Waals surface area contributed by atoms with Crippen LogP contribution < -0.4 is 16.4 Å². The topological polar surface area (TPSA) is 114 Å². The number of pyridine rings is 1. The fraction of sp³-hybridized carbons (Fsp3) is 0.391. The van der Waals surface area contributed by atoms with E-state index in [0.29, 0.717) is 17.9 Å². The number of nitrogens with two attached hydrogens (primary N) is 1. The number of aromatic nitrogens is 1. The standard InChI is InChI=1S/C19H23F3N4O.C4F6O2/c1-12(2)17(11-25-18(27)10-14-5-3-4-8-24-14)26-16-7-6-13(9-15(16)23)19(20,21)22;5-3(6,7)1(11)2(12)4(8,9)10/h3-9,12,17,26H,10-11,23H2,1-2H3,(H,25,27);/t17-;/m0./s1. The Bertz CT molecular complexity index is 1110. The van der Waals surface area contributed by atoms with Crippen molar-refractivity contribution < 1.29 is 53.9 Å². The maximum absolute atomic E-state index is 12.8. The number of amides is 1. The maximum atomic E-state index is 12.8. The van der Waals surface area contributed by atoms with E-state index in [-0.39, 0.29) is 30.0 Å². The Morgan fingerprint density at radius 1 is 0.897 bits per heavy atom. The molecule has 39 heavy (non-hydrogen) atoms. The molecule has 1 heterocycles. The second-order valence-corrected chi connectivity index (χ2v) is 8.25. The molecule has 0 radical (unpaired) electrons. The lowest BCUT2D eigenvalue weighted by Gasteiger charge is -2.25. The Hall–Kier alpha value is -3.85. The lowest BCUT2D eigenvalue weighted by Crippen LogP contribution is -2.40. The van der Waals surface area contributed by atoms with Crippen LogP contribution in [0.15, 0.2) is 42.6 Å². The summed E-state index contributed by atoms with van der Waals surface area (Å²) in [5, 5.41) is 5.95. The lowest BCUT2D eigenvalue weighted by molar-refractivity contribution is -0.193. The Balaban J connectivity index is 0.000000534. The number of nitrogens with one attached hydrogen (secondary N) is 2. The molecule has 1 atom stereocenters. The third-order valence-corrected chi connectivity index (χ3v) is 4.83. The molecule has 216 valence electrons. The van der Waals surface area contributed by atoms with Gasteiger partial charge in [-0.1, -0.05) is 19.9 Å². The molecule has 4 N–H and O–H groups in total. The number of nitrogens with zero attached hydrogens (tertiary/aromatic N) is 1. The highest BCUT2D eigenvalue weighted by Crippen LogP contribution is 2.33. The molecule has 0 aliphatic rings. The van der Waals surface area contributed by atoms with Crippen molar-refractivity contribution >= 4 is 28.8 Å². The molecule has 0 aliphatic carbocycles. The summed E-state index contributed by atoms with van der Waals surface area (Å²) in [5.74, 6) is -6.88. The number of ketones is 2. The highest BCUT2D eigenvalue weighted by atomic mass is 19.4. The first kappa shape index (κ1) is 33.2. The zero-order chi connectivity index (χ0) is 30.2. The maximum Gasteiger partial charge on any atom is 0.458 e. The van der Waals surface area contributed by atoms with Crippen LogP contribution in [0.5, 0.6) is 0 Å². The van der Waals surface area contributed by atoms with Gasteiger partial charge in [0.2, 0.25) is 5.91 Å². The smallest absolute Gasteiger partial charge is 0.397 e. The molecule has 0 aliphatic heterocycles. The summed E-state index contributed by atoms with van der Waals surface area (Å²) in [6.45, 7) is 4.20. The van der Waals surface area contributed by atoms with Crippen LogP contribution in [0.25, 0.3) is 0 Å². The molecule has 0 saturated heterocycles. The zero-order valence-electron chi connectivity index (χ0n) is 20.3. The van der Waals surface area contributed by atoms with E-state index in [1.165, 1.54) is 6.07 Å². The third kappa shape index (κ3) is 11.2. The Morgan fingerprint density at radius 2 is 1.46 bits per heavy atom. The number of halogens is 9. The van der Waals surface area contributed by atoms with E-state index in [2.05, 4.69) is 15.6 Å². The summed E-state index contributed by atoms with van der Waals surface area (Å²) in [4.78, 5) is 35.4. The molecule has 16 heteroatoms. The largest absolute Gasteiger partial charge is 0.458 e. The van der Waals surface area contributed by atoms with Crippen molar-refractivity contribution in [3.8, 4) is 0 Å². The summed E-state index contributed by atoms with van der Waals surface area (Å²) in [5.41, 5.74) is 6.05. The van der Waals surface area contributed by atoms with Gasteiger partial charge in [0.15, 0.2) is 0 Å². The second-order valence-electron chi connectivity index (χ2n) is 8.25. The normalized spacial score (nSPS) is 12.7. The van der Waals surface area contributed by atoms with E-state index < -0.39 is 35.7 Å². The van der Waals surface area contributed by atoms with Crippen LogP contribution in [-0.4, -0.2) is 47.4 Å². The van der Waals surface area contributed by atoms with Crippen molar-refractivity contribution in [2.24, 2.45) is 5.92 Å². The lowest BCUT2D eigenvalue weighted by atomic mass is 10.0. The SMILES string of the molecule is CC(C)[C@H](CNC(=O)Cc1ccccn1)Nc1ccc(C(F)(F)F)cc1N.O=C(C(=O)C(F)(F)F)C(F)(F)F. The van der Waals surface area contributed by atoms with Crippen LogP contribution in [0.3, 0.4) is 0 Å². The number of alkyl halides is 9. The van der Waals surface area contributed by atoms with Crippen LogP contribution in [0.4, 0.5) is 50.9 Å². The summed E-state index contributed by atoms with van der Waals surface area (Å²) in [6.07, 6.45) is -14.2. The number of hydrogen-bond acceptors (Lipinski definition) is 6. The van der Waals surface area contributed by atoms with Crippen LogP contribution in [0, 0.1) is 5.92 Å². The fourth-order valence-electron chi connectivity index (χ4n) is 2.73. The molecule has 0 fully saturated rings. The molecule has 0 unspecified atom stereocenters. The van der Waals surface area contributed by atoms with Crippen molar-refractivity contribution in [3.05, 3.63) is 53.9 Å². The predicted octanol–water partition coefficient (Wildman–Crippen LogP) is 4.73. The number of hydrogen-bond donors (Lipinski definition) is 3. The predicted molar refractivity (Wildman–Crippen MR) is 121 cm³/mol. The minimum Gasteiger partial charge on any atom is -0.397 e. The van der Waals surface area contributed by atoms with E-state index in [4.69, 9.17) is 5.73 Å². The third-order valence-electron chi connectivity index (χ3n) is 4.83. The van der Waals surface area contributed by atoms with Gasteiger partial charge in [-0.3, -0.25) is 19.4 Å². The highest BCUT2D eigenvalue weighted by Gasteiger charge is 2.54. The van der Waals surface area contributed by atoms with Gasteiger partial charge in [0.1, 0.15) is 0 Å². The van der Waals surface area contributed by atoms with Crippen LogP contribution >= 0.6 is 0 Å². The number of benzene rings is 1. The Labute approximate surface area is 216 Å². The second kappa shape index (κ2) is 13.3. The number of carbonyl (C=O) groups is 3. The van der Waals surface area contributed by atoms with Gasteiger partial charge in [-0.25, -0.2) is 0 Å². The monoisotopic (exact) mass is 574 g/mol. The van der Waals surface area contributed by atoms with Gasteiger partial charge in [-0.15, -0.1) is 0 Å². The van der Waals surface area contributed by atoms with E-state index in [1.807, 2.05) is 19.9 Å². The molecule has 7 nitrogen and oxygen atoms in total. The van der Waals surface area contributed by atoms with Crippen molar-refractivity contribution in [1.29, 1.82) is 0 Å². The molecule has 0 saturated carbocycles. The molecular weight excluding hydrogens is 551 g/mol. The molecule has 1 amide bonds. The summed E-state index contributed by atoms with van der Waals surface area (Å²) < 4.78 is 105. The number of nitrogen functional groups attached to an aromatic ring is 1. The van der Waals surface area contributed by atoms with Gasteiger partial charge < -0.3 is 16.4 Å². The minimum absolute atomic E-state index is 0.00953. The average molecular weight is 574 g/mol. The number of anilines is 2. The average Bonchev–Trinajstić information content (AvgIpc) is 2.80.